The van der Waals surface area contributed by atoms with Crippen LogP contribution in [0.5, 0.6) is 0 Å². The van der Waals surface area contributed by atoms with Gasteiger partial charge in [-0.05, 0) is 39.3 Å². The number of aryl methyl sites for hydroxylation is 1. The molecule has 0 bridgehead atoms. The first kappa shape index (κ1) is 12.6. The molecule has 0 aliphatic heterocycles. The Labute approximate surface area is 96.3 Å². The van der Waals surface area contributed by atoms with Crippen molar-refractivity contribution in [3.05, 3.63) is 29.6 Å². The van der Waals surface area contributed by atoms with Gasteiger partial charge in [-0.2, -0.15) is 0 Å². The molecule has 1 aromatic heterocycles. The van der Waals surface area contributed by atoms with Crippen LogP contribution in [0.1, 0.15) is 36.8 Å². The molecule has 0 saturated carbocycles. The van der Waals surface area contributed by atoms with Gasteiger partial charge in [0.1, 0.15) is 5.69 Å². The Balaban J connectivity index is 2.85. The number of hydrogen-bond acceptors (Lipinski definition) is 3. The summed E-state index contributed by atoms with van der Waals surface area (Å²) in [4.78, 5) is 16.0. The number of carbonyl (C=O) groups excluding carboxylic acids is 1. The maximum atomic E-state index is 12.0. The monoisotopic (exact) mass is 221 g/mol. The van der Waals surface area contributed by atoms with Gasteiger partial charge >= 0.3 is 0 Å². The topological polar surface area (TPSA) is 68.0 Å². The molecular weight excluding hydrogens is 202 g/mol. The molecule has 0 saturated heterocycles. The van der Waals surface area contributed by atoms with Crippen LogP contribution in [0, 0.1) is 6.92 Å². The van der Waals surface area contributed by atoms with Crippen molar-refractivity contribution in [2.24, 2.45) is 5.73 Å². The molecule has 0 aliphatic carbocycles. The number of nitrogens with one attached hydrogen (secondary N) is 1. The highest BCUT2D eigenvalue weighted by atomic mass is 16.2. The zero-order valence-corrected chi connectivity index (χ0v) is 10.2. The van der Waals surface area contributed by atoms with Gasteiger partial charge < -0.3 is 11.1 Å². The molecule has 0 aromatic carbocycles. The molecular formula is C12H19N3O. The summed E-state index contributed by atoms with van der Waals surface area (Å²) < 4.78 is 0. The Morgan fingerprint density at radius 1 is 1.56 bits per heavy atom. The Hall–Kier alpha value is -1.42. The van der Waals surface area contributed by atoms with Crippen LogP contribution in [0.25, 0.3) is 0 Å². The van der Waals surface area contributed by atoms with E-state index in [9.17, 15) is 4.79 Å². The molecule has 4 heteroatoms. The predicted octanol–water partition coefficient (Wildman–Crippen LogP) is 1.25. The van der Waals surface area contributed by atoms with Gasteiger partial charge in [0.2, 0.25) is 0 Å². The highest BCUT2D eigenvalue weighted by Crippen LogP contribution is 2.09. The van der Waals surface area contributed by atoms with E-state index >= 15 is 0 Å². The van der Waals surface area contributed by atoms with E-state index in [1.807, 2.05) is 39.8 Å². The molecule has 1 rings (SSSR count). The summed E-state index contributed by atoms with van der Waals surface area (Å²) in [5.41, 5.74) is 6.67. The molecule has 16 heavy (non-hydrogen) atoms. The summed E-state index contributed by atoms with van der Waals surface area (Å²) in [6, 6.07) is 3.55. The van der Waals surface area contributed by atoms with Gasteiger partial charge in [0.15, 0.2) is 0 Å². The number of amides is 1. The van der Waals surface area contributed by atoms with Crippen molar-refractivity contribution in [3.63, 3.8) is 0 Å². The molecule has 4 nitrogen and oxygen atoms in total. The highest BCUT2D eigenvalue weighted by Gasteiger charge is 2.26. The van der Waals surface area contributed by atoms with Crippen molar-refractivity contribution in [3.8, 4) is 0 Å². The third kappa shape index (κ3) is 2.79. The van der Waals surface area contributed by atoms with Gasteiger partial charge in [0.25, 0.3) is 5.91 Å². The minimum absolute atomic E-state index is 0.125. The zero-order valence-electron chi connectivity index (χ0n) is 10.2. The van der Waals surface area contributed by atoms with Crippen LogP contribution in [0.2, 0.25) is 0 Å². The fourth-order valence-corrected chi connectivity index (χ4v) is 1.19. The van der Waals surface area contributed by atoms with Gasteiger partial charge in [-0.1, -0.05) is 6.07 Å². The molecule has 0 radical (unpaired) electrons. The first-order chi connectivity index (χ1) is 7.34. The molecule has 0 spiro atoms. The van der Waals surface area contributed by atoms with E-state index in [4.69, 9.17) is 5.73 Å². The van der Waals surface area contributed by atoms with E-state index in [-0.39, 0.29) is 11.9 Å². The van der Waals surface area contributed by atoms with E-state index in [0.29, 0.717) is 5.69 Å². The second kappa shape index (κ2) is 4.61. The van der Waals surface area contributed by atoms with E-state index in [0.717, 1.165) is 5.56 Å². The van der Waals surface area contributed by atoms with Crippen LogP contribution in [-0.2, 0) is 0 Å². The molecule has 1 unspecified atom stereocenters. The molecule has 88 valence electrons. The highest BCUT2D eigenvalue weighted by molar-refractivity contribution is 5.94. The van der Waals surface area contributed by atoms with Crippen molar-refractivity contribution in [1.82, 2.24) is 10.3 Å². The number of aromatic nitrogens is 1. The Morgan fingerprint density at radius 2 is 2.19 bits per heavy atom. The maximum absolute atomic E-state index is 12.0. The zero-order chi connectivity index (χ0) is 12.3. The SMILES string of the molecule is Cc1cccnc1C(=O)NC(C)(C)C(C)N. The summed E-state index contributed by atoms with van der Waals surface area (Å²) in [5, 5.41) is 2.89. The van der Waals surface area contributed by atoms with Crippen LogP contribution in [0.15, 0.2) is 18.3 Å². The van der Waals surface area contributed by atoms with E-state index < -0.39 is 5.54 Å². The average molecular weight is 221 g/mol. The normalized spacial score (nSPS) is 13.3. The van der Waals surface area contributed by atoms with Crippen molar-refractivity contribution in [2.75, 3.05) is 0 Å². The van der Waals surface area contributed by atoms with Crippen LogP contribution >= 0.6 is 0 Å². The van der Waals surface area contributed by atoms with Crippen LogP contribution < -0.4 is 11.1 Å². The second-order valence-electron chi connectivity index (χ2n) is 4.63. The lowest BCUT2D eigenvalue weighted by Crippen LogP contribution is -2.54. The fraction of sp³-hybridized carbons (Fsp3) is 0.500. The van der Waals surface area contributed by atoms with E-state index in [2.05, 4.69) is 10.3 Å². The molecule has 3 N–H and O–H groups in total. The number of rotatable bonds is 3. The summed E-state index contributed by atoms with van der Waals surface area (Å²) in [6.07, 6.45) is 1.61. The minimum atomic E-state index is -0.443. The lowest BCUT2D eigenvalue weighted by molar-refractivity contribution is 0.0897. The molecule has 1 amide bonds. The standard InChI is InChI=1S/C12H19N3O/c1-8-6-5-7-14-10(8)11(16)15-12(3,4)9(2)13/h5-7,9H,13H2,1-4H3,(H,15,16). The lowest BCUT2D eigenvalue weighted by Gasteiger charge is -2.30. The van der Waals surface area contributed by atoms with E-state index in [1.165, 1.54) is 0 Å². The quantitative estimate of drug-likeness (QED) is 0.807. The number of hydrogen-bond donors (Lipinski definition) is 2. The second-order valence-corrected chi connectivity index (χ2v) is 4.63. The van der Waals surface area contributed by atoms with Gasteiger partial charge in [-0.3, -0.25) is 9.78 Å². The van der Waals surface area contributed by atoms with Gasteiger partial charge in [-0.25, -0.2) is 0 Å². The fourth-order valence-electron chi connectivity index (χ4n) is 1.19. The summed E-state index contributed by atoms with van der Waals surface area (Å²) in [6.45, 7) is 7.52. The van der Waals surface area contributed by atoms with Crippen molar-refractivity contribution in [1.29, 1.82) is 0 Å². The lowest BCUT2D eigenvalue weighted by atomic mass is 9.96. The van der Waals surface area contributed by atoms with Gasteiger partial charge in [0, 0.05) is 17.8 Å². The Kier molecular flexibility index (Phi) is 3.65. The Morgan fingerprint density at radius 3 is 2.69 bits per heavy atom. The smallest absolute Gasteiger partial charge is 0.270 e. The summed E-state index contributed by atoms with van der Waals surface area (Å²) in [5.74, 6) is -0.180. The summed E-state index contributed by atoms with van der Waals surface area (Å²) >= 11 is 0. The number of pyridine rings is 1. The first-order valence-corrected chi connectivity index (χ1v) is 5.34. The van der Waals surface area contributed by atoms with Gasteiger partial charge in [-0.15, -0.1) is 0 Å². The predicted molar refractivity (Wildman–Crippen MR) is 64.2 cm³/mol. The molecule has 1 aromatic rings. The number of carbonyl (C=O) groups is 1. The number of nitrogens with zero attached hydrogens (tertiary/aromatic N) is 1. The van der Waals surface area contributed by atoms with Crippen LogP contribution in [0.3, 0.4) is 0 Å². The third-order valence-corrected chi connectivity index (χ3v) is 2.80. The maximum Gasteiger partial charge on any atom is 0.270 e. The molecule has 0 fully saturated rings. The largest absolute Gasteiger partial charge is 0.344 e. The minimum Gasteiger partial charge on any atom is -0.344 e. The molecule has 1 atom stereocenters. The van der Waals surface area contributed by atoms with Crippen molar-refractivity contribution >= 4 is 5.91 Å². The van der Waals surface area contributed by atoms with Crippen molar-refractivity contribution in [2.45, 2.75) is 39.3 Å². The number of nitrogens with two attached hydrogens (primary N) is 1. The average Bonchev–Trinajstić information content (AvgIpc) is 2.17. The first-order valence-electron chi connectivity index (χ1n) is 5.34. The van der Waals surface area contributed by atoms with Gasteiger partial charge in [0.05, 0.1) is 0 Å². The Bertz CT molecular complexity index is 386. The van der Waals surface area contributed by atoms with E-state index in [1.54, 1.807) is 6.20 Å². The van der Waals surface area contributed by atoms with Crippen LogP contribution in [0.4, 0.5) is 0 Å². The van der Waals surface area contributed by atoms with Crippen LogP contribution in [-0.4, -0.2) is 22.5 Å². The molecule has 1 heterocycles. The summed E-state index contributed by atoms with van der Waals surface area (Å²) in [7, 11) is 0. The van der Waals surface area contributed by atoms with Crippen molar-refractivity contribution < 1.29 is 4.79 Å². The third-order valence-electron chi connectivity index (χ3n) is 2.80. The molecule has 0 aliphatic rings.